The number of aryl methyl sites for hydroxylation is 1. The number of rotatable bonds is 7. The maximum Gasteiger partial charge on any atom is 0.258 e. The number of aromatic nitrogens is 5. The van der Waals surface area contributed by atoms with Crippen molar-refractivity contribution in [2.75, 3.05) is 0 Å². The van der Waals surface area contributed by atoms with Gasteiger partial charge in [-0.2, -0.15) is 0 Å². The highest BCUT2D eigenvalue weighted by Gasteiger charge is 2.08. The summed E-state index contributed by atoms with van der Waals surface area (Å²) in [6.07, 6.45) is 6.99. The van der Waals surface area contributed by atoms with Crippen LogP contribution in [0.15, 0.2) is 45.1 Å². The van der Waals surface area contributed by atoms with Crippen LogP contribution in [-0.2, 0) is 12.3 Å². The van der Waals surface area contributed by atoms with E-state index in [1.165, 1.54) is 17.2 Å². The molecule has 0 aliphatic rings. The van der Waals surface area contributed by atoms with Crippen LogP contribution in [0.1, 0.15) is 31.9 Å². The molecule has 24 heavy (non-hydrogen) atoms. The summed E-state index contributed by atoms with van der Waals surface area (Å²) < 4.78 is 4.44. The lowest BCUT2D eigenvalue weighted by Gasteiger charge is -2.06. The average Bonchev–Trinajstić information content (AvgIpc) is 3.01. The maximum absolute atomic E-state index is 12.2. The average molecular weight is 408 g/mol. The predicted molar refractivity (Wildman–Crippen MR) is 98.3 cm³/mol. The molecule has 8 heteroatoms. The molecule has 0 saturated heterocycles. The second-order valence-corrected chi connectivity index (χ2v) is 7.32. The number of fused-ring (bicyclic) bond motifs is 1. The van der Waals surface area contributed by atoms with Crippen LogP contribution in [0.25, 0.3) is 5.65 Å². The van der Waals surface area contributed by atoms with Crippen molar-refractivity contribution in [2.24, 2.45) is 0 Å². The van der Waals surface area contributed by atoms with Crippen LogP contribution < -0.4 is 5.56 Å². The van der Waals surface area contributed by atoms with Gasteiger partial charge in [-0.3, -0.25) is 9.20 Å². The highest BCUT2D eigenvalue weighted by Crippen LogP contribution is 2.20. The first-order chi connectivity index (χ1) is 11.7. The Morgan fingerprint density at radius 2 is 2.17 bits per heavy atom. The first kappa shape index (κ1) is 17.2. The topological polar surface area (TPSA) is 65.1 Å². The summed E-state index contributed by atoms with van der Waals surface area (Å²) in [6, 6.07) is 5.28. The molecule has 0 unspecified atom stereocenters. The Labute approximate surface area is 152 Å². The zero-order valence-electron chi connectivity index (χ0n) is 13.4. The molecule has 3 aromatic rings. The maximum atomic E-state index is 12.2. The van der Waals surface area contributed by atoms with Gasteiger partial charge in [0.15, 0.2) is 5.16 Å². The Morgan fingerprint density at radius 3 is 3.00 bits per heavy atom. The van der Waals surface area contributed by atoms with Gasteiger partial charge in [0.1, 0.15) is 12.0 Å². The van der Waals surface area contributed by atoms with E-state index in [1.54, 1.807) is 30.4 Å². The van der Waals surface area contributed by atoms with Gasteiger partial charge in [0.25, 0.3) is 5.56 Å². The Morgan fingerprint density at radius 1 is 1.29 bits per heavy atom. The second-order valence-electron chi connectivity index (χ2n) is 5.46. The van der Waals surface area contributed by atoms with E-state index >= 15 is 0 Å². The smallest absolute Gasteiger partial charge is 0.258 e. The van der Waals surface area contributed by atoms with E-state index in [-0.39, 0.29) is 5.56 Å². The first-order valence-corrected chi connectivity index (χ1v) is 9.63. The van der Waals surface area contributed by atoms with Crippen LogP contribution in [0.3, 0.4) is 0 Å². The summed E-state index contributed by atoms with van der Waals surface area (Å²) in [4.78, 5) is 16.8. The molecule has 3 aromatic heterocycles. The zero-order valence-corrected chi connectivity index (χ0v) is 15.8. The number of thioether (sulfide) groups is 1. The van der Waals surface area contributed by atoms with Gasteiger partial charge in [0.05, 0.1) is 5.69 Å². The number of pyridine rings is 1. The fraction of sp³-hybridized carbons (Fsp3) is 0.375. The molecule has 0 radical (unpaired) electrons. The molecule has 0 saturated carbocycles. The molecular formula is C16H18BrN5OS. The van der Waals surface area contributed by atoms with E-state index in [9.17, 15) is 4.79 Å². The quantitative estimate of drug-likeness (QED) is 0.442. The van der Waals surface area contributed by atoms with Crippen LogP contribution in [0.5, 0.6) is 0 Å². The molecule has 0 aliphatic heterocycles. The van der Waals surface area contributed by atoms with Gasteiger partial charge in [-0.15, -0.1) is 10.2 Å². The standard InChI is InChI=1S/C16H18BrN5OS/c1-2-3-4-7-21-11-18-20-16(21)24-10-13-8-15(23)22-9-12(17)5-6-14(22)19-13/h5-6,8-9,11H,2-4,7,10H2,1H3. The summed E-state index contributed by atoms with van der Waals surface area (Å²) >= 11 is 4.92. The molecule has 3 rings (SSSR count). The molecular weight excluding hydrogens is 390 g/mol. The van der Waals surface area contributed by atoms with Gasteiger partial charge >= 0.3 is 0 Å². The van der Waals surface area contributed by atoms with Crippen LogP contribution in [-0.4, -0.2) is 24.1 Å². The monoisotopic (exact) mass is 407 g/mol. The van der Waals surface area contributed by atoms with Gasteiger partial charge < -0.3 is 4.57 Å². The highest BCUT2D eigenvalue weighted by atomic mass is 79.9. The highest BCUT2D eigenvalue weighted by molar-refractivity contribution is 9.10. The van der Waals surface area contributed by atoms with Crippen molar-refractivity contribution in [1.29, 1.82) is 0 Å². The van der Waals surface area contributed by atoms with Crippen molar-refractivity contribution < 1.29 is 0 Å². The number of unbranched alkanes of at least 4 members (excludes halogenated alkanes) is 2. The van der Waals surface area contributed by atoms with E-state index in [4.69, 9.17) is 0 Å². The van der Waals surface area contributed by atoms with E-state index in [2.05, 4.69) is 42.6 Å². The van der Waals surface area contributed by atoms with Crippen molar-refractivity contribution in [2.45, 2.75) is 43.6 Å². The summed E-state index contributed by atoms with van der Waals surface area (Å²) in [7, 11) is 0. The minimum absolute atomic E-state index is 0.0821. The number of hydrogen-bond donors (Lipinski definition) is 0. The lowest BCUT2D eigenvalue weighted by molar-refractivity contribution is 0.566. The van der Waals surface area contributed by atoms with E-state index in [1.807, 2.05) is 12.1 Å². The Kier molecular flexibility index (Phi) is 5.68. The summed E-state index contributed by atoms with van der Waals surface area (Å²) in [5, 5.41) is 9.02. The lowest BCUT2D eigenvalue weighted by atomic mass is 10.2. The lowest BCUT2D eigenvalue weighted by Crippen LogP contribution is -2.15. The van der Waals surface area contributed by atoms with Gasteiger partial charge in [0, 0.05) is 29.0 Å². The molecule has 0 N–H and O–H groups in total. The fourth-order valence-electron chi connectivity index (χ4n) is 2.38. The van der Waals surface area contributed by atoms with Crippen LogP contribution >= 0.6 is 27.7 Å². The third-order valence-corrected chi connectivity index (χ3v) is 5.09. The summed E-state index contributed by atoms with van der Waals surface area (Å²) in [6.45, 7) is 3.11. The largest absolute Gasteiger partial charge is 0.309 e. The third kappa shape index (κ3) is 4.05. The normalized spacial score (nSPS) is 11.2. The molecule has 0 spiro atoms. The Hall–Kier alpha value is -1.67. The predicted octanol–water partition coefficient (Wildman–Crippen LogP) is 3.53. The van der Waals surface area contributed by atoms with Crippen molar-refractivity contribution in [3.63, 3.8) is 0 Å². The number of halogens is 1. The molecule has 0 bridgehead atoms. The molecule has 0 amide bonds. The molecule has 0 atom stereocenters. The minimum atomic E-state index is -0.0821. The van der Waals surface area contributed by atoms with Gasteiger partial charge in [-0.05, 0) is 34.5 Å². The summed E-state index contributed by atoms with van der Waals surface area (Å²) in [5.41, 5.74) is 1.31. The summed E-state index contributed by atoms with van der Waals surface area (Å²) in [5.74, 6) is 0.592. The number of hydrogen-bond acceptors (Lipinski definition) is 5. The van der Waals surface area contributed by atoms with Gasteiger partial charge in [-0.1, -0.05) is 31.5 Å². The third-order valence-electron chi connectivity index (χ3n) is 3.61. The van der Waals surface area contributed by atoms with Crippen molar-refractivity contribution >= 4 is 33.3 Å². The van der Waals surface area contributed by atoms with Crippen molar-refractivity contribution in [3.05, 3.63) is 51.2 Å². The van der Waals surface area contributed by atoms with Crippen LogP contribution in [0.2, 0.25) is 0 Å². The first-order valence-electron chi connectivity index (χ1n) is 7.86. The van der Waals surface area contributed by atoms with Crippen molar-refractivity contribution in [3.8, 4) is 0 Å². The SMILES string of the molecule is CCCCCn1cnnc1SCc1cc(=O)n2cc(Br)ccc2n1. The van der Waals surface area contributed by atoms with E-state index in [0.717, 1.165) is 28.3 Å². The molecule has 6 nitrogen and oxygen atoms in total. The minimum Gasteiger partial charge on any atom is -0.309 e. The number of nitrogens with zero attached hydrogens (tertiary/aromatic N) is 5. The fourth-order valence-corrected chi connectivity index (χ4v) is 3.55. The molecule has 0 fully saturated rings. The second kappa shape index (κ2) is 7.94. The molecule has 0 aromatic carbocycles. The van der Waals surface area contributed by atoms with Crippen LogP contribution in [0, 0.1) is 0 Å². The van der Waals surface area contributed by atoms with Gasteiger partial charge in [0.2, 0.25) is 0 Å². The molecule has 0 aliphatic carbocycles. The molecule has 3 heterocycles. The van der Waals surface area contributed by atoms with Crippen LogP contribution in [0.4, 0.5) is 0 Å². The zero-order chi connectivity index (χ0) is 16.9. The molecule has 126 valence electrons. The van der Waals surface area contributed by atoms with Gasteiger partial charge in [-0.25, -0.2) is 4.98 Å². The van der Waals surface area contributed by atoms with Crippen molar-refractivity contribution in [1.82, 2.24) is 24.1 Å². The van der Waals surface area contributed by atoms with E-state index < -0.39 is 0 Å². The Balaban J connectivity index is 1.73. The Bertz CT molecular complexity index is 892. The van der Waals surface area contributed by atoms with E-state index in [0.29, 0.717) is 11.4 Å².